The minimum absolute atomic E-state index is 0.380. The first-order valence-corrected chi connectivity index (χ1v) is 7.73. The molecule has 0 aromatic heterocycles. The van der Waals surface area contributed by atoms with Crippen LogP contribution >= 0.6 is 0 Å². The van der Waals surface area contributed by atoms with Crippen LogP contribution in [-0.4, -0.2) is 19.2 Å². The second-order valence-corrected chi connectivity index (χ2v) is 6.11. The number of hydrogen-bond donors (Lipinski definition) is 1. The molecule has 0 radical (unpaired) electrons. The molecule has 1 aliphatic heterocycles. The fraction of sp³-hybridized carbons (Fsp3) is 0.647. The van der Waals surface area contributed by atoms with E-state index in [1.54, 1.807) is 7.11 Å². The zero-order valence-electron chi connectivity index (χ0n) is 12.0. The molecule has 1 unspecified atom stereocenters. The summed E-state index contributed by atoms with van der Waals surface area (Å²) >= 11 is 0. The molecule has 2 nitrogen and oxygen atoms in total. The van der Waals surface area contributed by atoms with Crippen LogP contribution in [0, 0.1) is 0 Å². The standard InChI is InChI=1S/C17H25NO/c1-19-15-9-7-14(8-10-15)16-6-5-13-18-17(16)11-3-2-4-12-17/h7-10,16,18H,2-6,11-13H2,1H3. The van der Waals surface area contributed by atoms with Crippen molar-refractivity contribution in [3.63, 3.8) is 0 Å². The molecule has 1 aromatic rings. The van der Waals surface area contributed by atoms with Crippen molar-refractivity contribution < 1.29 is 4.74 Å². The molecule has 2 heteroatoms. The van der Waals surface area contributed by atoms with Gasteiger partial charge in [-0.15, -0.1) is 0 Å². The van der Waals surface area contributed by atoms with Gasteiger partial charge in [-0.3, -0.25) is 0 Å². The van der Waals surface area contributed by atoms with Crippen LogP contribution in [0.2, 0.25) is 0 Å². The topological polar surface area (TPSA) is 21.3 Å². The van der Waals surface area contributed by atoms with Gasteiger partial charge in [-0.2, -0.15) is 0 Å². The van der Waals surface area contributed by atoms with Crippen molar-refractivity contribution in [2.45, 2.75) is 56.4 Å². The van der Waals surface area contributed by atoms with Crippen LogP contribution < -0.4 is 10.1 Å². The van der Waals surface area contributed by atoms with Gasteiger partial charge in [0, 0.05) is 11.5 Å². The van der Waals surface area contributed by atoms with E-state index in [9.17, 15) is 0 Å². The zero-order chi connectivity index (χ0) is 13.1. The van der Waals surface area contributed by atoms with Crippen LogP contribution in [0.4, 0.5) is 0 Å². The normalized spacial score (nSPS) is 26.3. The van der Waals surface area contributed by atoms with Gasteiger partial charge in [0.25, 0.3) is 0 Å². The number of nitrogens with one attached hydrogen (secondary N) is 1. The van der Waals surface area contributed by atoms with Gasteiger partial charge in [-0.1, -0.05) is 31.4 Å². The Balaban J connectivity index is 1.86. The molecular weight excluding hydrogens is 234 g/mol. The lowest BCUT2D eigenvalue weighted by atomic mass is 9.67. The average molecular weight is 259 g/mol. The maximum atomic E-state index is 5.28. The van der Waals surface area contributed by atoms with Gasteiger partial charge in [0.15, 0.2) is 0 Å². The lowest BCUT2D eigenvalue weighted by Gasteiger charge is -2.48. The van der Waals surface area contributed by atoms with E-state index in [0.29, 0.717) is 11.5 Å². The molecule has 0 amide bonds. The van der Waals surface area contributed by atoms with Crippen LogP contribution in [0.15, 0.2) is 24.3 Å². The van der Waals surface area contributed by atoms with E-state index >= 15 is 0 Å². The Morgan fingerprint density at radius 1 is 1.05 bits per heavy atom. The molecule has 1 aromatic carbocycles. The highest BCUT2D eigenvalue weighted by Crippen LogP contribution is 2.44. The van der Waals surface area contributed by atoms with E-state index in [1.807, 2.05) is 0 Å². The van der Waals surface area contributed by atoms with Crippen molar-refractivity contribution in [3.05, 3.63) is 29.8 Å². The highest BCUT2D eigenvalue weighted by molar-refractivity contribution is 5.32. The third-order valence-electron chi connectivity index (χ3n) is 5.08. The number of ether oxygens (including phenoxy) is 1. The summed E-state index contributed by atoms with van der Waals surface area (Å²) in [4.78, 5) is 0. The summed E-state index contributed by atoms with van der Waals surface area (Å²) in [6.07, 6.45) is 9.53. The molecule has 1 saturated heterocycles. The first kappa shape index (κ1) is 13.0. The third-order valence-corrected chi connectivity index (χ3v) is 5.08. The Morgan fingerprint density at radius 2 is 1.79 bits per heavy atom. The van der Waals surface area contributed by atoms with Gasteiger partial charge in [-0.25, -0.2) is 0 Å². The maximum absolute atomic E-state index is 5.28. The SMILES string of the molecule is COc1ccc(C2CCCNC23CCCCC3)cc1. The van der Waals surface area contributed by atoms with Crippen molar-refractivity contribution in [3.8, 4) is 5.75 Å². The van der Waals surface area contributed by atoms with Crippen LogP contribution in [-0.2, 0) is 0 Å². The molecular formula is C17H25NO. The Kier molecular flexibility index (Phi) is 3.79. The second kappa shape index (κ2) is 5.54. The third kappa shape index (κ3) is 2.51. The van der Waals surface area contributed by atoms with E-state index in [2.05, 4.69) is 29.6 Å². The van der Waals surface area contributed by atoms with Crippen molar-refractivity contribution in [2.75, 3.05) is 13.7 Å². The molecule has 1 spiro atoms. The molecule has 1 N–H and O–H groups in total. The number of benzene rings is 1. The Hall–Kier alpha value is -1.02. The van der Waals surface area contributed by atoms with E-state index in [0.717, 1.165) is 5.75 Å². The summed E-state index contributed by atoms with van der Waals surface area (Å²) in [7, 11) is 1.74. The van der Waals surface area contributed by atoms with Crippen LogP contribution in [0.25, 0.3) is 0 Å². The molecule has 1 atom stereocenters. The van der Waals surface area contributed by atoms with Crippen LogP contribution in [0.5, 0.6) is 5.75 Å². The Labute approximate surface area is 116 Å². The van der Waals surface area contributed by atoms with Gasteiger partial charge < -0.3 is 10.1 Å². The number of piperidine rings is 1. The highest BCUT2D eigenvalue weighted by Gasteiger charge is 2.41. The number of methoxy groups -OCH3 is 1. The van der Waals surface area contributed by atoms with Crippen molar-refractivity contribution in [2.24, 2.45) is 0 Å². The molecule has 104 valence electrons. The van der Waals surface area contributed by atoms with E-state index in [1.165, 1.54) is 57.1 Å². The summed E-state index contributed by atoms with van der Waals surface area (Å²) in [6, 6.07) is 8.76. The molecule has 0 bridgehead atoms. The lowest BCUT2D eigenvalue weighted by molar-refractivity contribution is 0.153. The largest absolute Gasteiger partial charge is 0.497 e. The predicted octanol–water partition coefficient (Wildman–Crippen LogP) is 3.87. The minimum Gasteiger partial charge on any atom is -0.497 e. The first-order valence-electron chi connectivity index (χ1n) is 7.73. The zero-order valence-corrected chi connectivity index (χ0v) is 12.0. The predicted molar refractivity (Wildman–Crippen MR) is 78.8 cm³/mol. The number of rotatable bonds is 2. The van der Waals surface area contributed by atoms with Gasteiger partial charge in [0.1, 0.15) is 5.75 Å². The highest BCUT2D eigenvalue weighted by atomic mass is 16.5. The Bertz CT molecular complexity index is 398. The molecule has 2 aliphatic rings. The Morgan fingerprint density at radius 3 is 2.47 bits per heavy atom. The van der Waals surface area contributed by atoms with Crippen LogP contribution in [0.1, 0.15) is 56.4 Å². The molecule has 2 fully saturated rings. The monoisotopic (exact) mass is 259 g/mol. The first-order chi connectivity index (χ1) is 9.34. The number of hydrogen-bond acceptors (Lipinski definition) is 2. The quantitative estimate of drug-likeness (QED) is 0.870. The second-order valence-electron chi connectivity index (χ2n) is 6.11. The van der Waals surface area contributed by atoms with E-state index in [-0.39, 0.29) is 0 Å². The van der Waals surface area contributed by atoms with Crippen molar-refractivity contribution in [1.29, 1.82) is 0 Å². The summed E-state index contributed by atoms with van der Waals surface area (Å²) < 4.78 is 5.28. The molecule has 1 saturated carbocycles. The van der Waals surface area contributed by atoms with Crippen LogP contribution in [0.3, 0.4) is 0 Å². The van der Waals surface area contributed by atoms with Crippen molar-refractivity contribution in [1.82, 2.24) is 5.32 Å². The molecule has 1 aliphatic carbocycles. The summed E-state index contributed by atoms with van der Waals surface area (Å²) in [5.74, 6) is 1.65. The van der Waals surface area contributed by atoms with Gasteiger partial charge >= 0.3 is 0 Å². The van der Waals surface area contributed by atoms with Gasteiger partial charge in [0.05, 0.1) is 7.11 Å². The maximum Gasteiger partial charge on any atom is 0.118 e. The van der Waals surface area contributed by atoms with E-state index in [4.69, 9.17) is 4.74 Å². The molecule has 1 heterocycles. The minimum atomic E-state index is 0.380. The summed E-state index contributed by atoms with van der Waals surface area (Å²) in [5, 5.41) is 3.88. The molecule has 19 heavy (non-hydrogen) atoms. The van der Waals surface area contributed by atoms with Gasteiger partial charge in [-0.05, 0) is 49.9 Å². The fourth-order valence-corrected chi connectivity index (χ4v) is 4.07. The lowest BCUT2D eigenvalue weighted by Crippen LogP contribution is -2.54. The molecule has 3 rings (SSSR count). The smallest absolute Gasteiger partial charge is 0.118 e. The van der Waals surface area contributed by atoms with Gasteiger partial charge in [0.2, 0.25) is 0 Å². The summed E-state index contributed by atoms with van der Waals surface area (Å²) in [5.41, 5.74) is 1.88. The fourth-order valence-electron chi connectivity index (χ4n) is 4.07. The average Bonchev–Trinajstić information content (AvgIpc) is 2.49. The van der Waals surface area contributed by atoms with E-state index < -0.39 is 0 Å². The van der Waals surface area contributed by atoms with Crippen molar-refractivity contribution >= 4 is 0 Å². The summed E-state index contributed by atoms with van der Waals surface area (Å²) in [6.45, 7) is 1.20.